The van der Waals surface area contributed by atoms with Gasteiger partial charge in [-0.2, -0.15) is 0 Å². The molecule has 0 aromatic heterocycles. The second-order valence-corrected chi connectivity index (χ2v) is 3.52. The zero-order valence-electron chi connectivity index (χ0n) is 8.27. The van der Waals surface area contributed by atoms with Crippen LogP contribution in [0.5, 0.6) is 5.75 Å². The molecule has 1 heterocycles. The molecule has 0 radical (unpaired) electrons. The summed E-state index contributed by atoms with van der Waals surface area (Å²) in [5.41, 5.74) is 7.06. The third kappa shape index (κ3) is 1.74. The monoisotopic (exact) mass is 193 g/mol. The molecule has 2 atom stereocenters. The summed E-state index contributed by atoms with van der Waals surface area (Å²) in [4.78, 5) is 0. The van der Waals surface area contributed by atoms with E-state index in [1.165, 1.54) is 0 Å². The molecule has 1 aromatic carbocycles. The molecule has 3 heteroatoms. The summed E-state index contributed by atoms with van der Waals surface area (Å²) < 4.78 is 10.6. The third-order valence-electron chi connectivity index (χ3n) is 2.58. The molecular weight excluding hydrogens is 178 g/mol. The second kappa shape index (κ2) is 3.98. The van der Waals surface area contributed by atoms with Gasteiger partial charge in [0.2, 0.25) is 0 Å². The molecule has 1 aromatic rings. The highest BCUT2D eigenvalue weighted by molar-refractivity contribution is 5.29. The van der Waals surface area contributed by atoms with Gasteiger partial charge in [0.15, 0.2) is 0 Å². The minimum Gasteiger partial charge on any atom is -0.497 e. The molecule has 1 fully saturated rings. The van der Waals surface area contributed by atoms with Gasteiger partial charge in [-0.25, -0.2) is 0 Å². The smallest absolute Gasteiger partial charge is 0.118 e. The highest BCUT2D eigenvalue weighted by atomic mass is 16.5. The first kappa shape index (κ1) is 9.49. The number of hydrogen-bond acceptors (Lipinski definition) is 3. The van der Waals surface area contributed by atoms with Crippen LogP contribution in [-0.2, 0) is 4.74 Å². The normalized spacial score (nSPS) is 26.4. The molecule has 3 nitrogen and oxygen atoms in total. The van der Waals surface area contributed by atoms with Gasteiger partial charge < -0.3 is 15.2 Å². The Bertz CT molecular complexity index is 297. The van der Waals surface area contributed by atoms with Crippen molar-refractivity contribution in [3.05, 3.63) is 29.8 Å². The molecule has 0 aliphatic carbocycles. The molecule has 2 rings (SSSR count). The maximum Gasteiger partial charge on any atom is 0.118 e. The molecule has 2 N–H and O–H groups in total. The maximum absolute atomic E-state index is 5.93. The Labute approximate surface area is 83.8 Å². The van der Waals surface area contributed by atoms with Crippen LogP contribution in [0.1, 0.15) is 18.1 Å². The molecule has 76 valence electrons. The van der Waals surface area contributed by atoms with E-state index >= 15 is 0 Å². The predicted octanol–water partition coefficient (Wildman–Crippen LogP) is 1.48. The Morgan fingerprint density at radius 2 is 2.07 bits per heavy atom. The summed E-state index contributed by atoms with van der Waals surface area (Å²) in [7, 11) is 1.66. The first-order valence-corrected chi connectivity index (χ1v) is 4.82. The highest BCUT2D eigenvalue weighted by Gasteiger charge is 2.26. The van der Waals surface area contributed by atoms with E-state index in [0.717, 1.165) is 24.3 Å². The predicted molar refractivity (Wildman–Crippen MR) is 54.3 cm³/mol. The lowest BCUT2D eigenvalue weighted by Gasteiger charge is -2.14. The average Bonchev–Trinajstić information content (AvgIpc) is 2.65. The first-order valence-electron chi connectivity index (χ1n) is 4.82. The summed E-state index contributed by atoms with van der Waals surface area (Å²) in [5, 5.41) is 0. The zero-order chi connectivity index (χ0) is 9.97. The van der Waals surface area contributed by atoms with Crippen LogP contribution in [0, 0.1) is 0 Å². The lowest BCUT2D eigenvalue weighted by atomic mass is 10.0. The van der Waals surface area contributed by atoms with Gasteiger partial charge in [-0.3, -0.25) is 0 Å². The van der Waals surface area contributed by atoms with E-state index in [2.05, 4.69) is 0 Å². The van der Waals surface area contributed by atoms with Crippen LogP contribution in [0.25, 0.3) is 0 Å². The number of hydrogen-bond donors (Lipinski definition) is 1. The van der Waals surface area contributed by atoms with Gasteiger partial charge in [-0.05, 0) is 24.1 Å². The fourth-order valence-corrected chi connectivity index (χ4v) is 1.74. The van der Waals surface area contributed by atoms with Crippen molar-refractivity contribution in [1.29, 1.82) is 0 Å². The molecule has 0 spiro atoms. The van der Waals surface area contributed by atoms with Crippen molar-refractivity contribution >= 4 is 0 Å². The summed E-state index contributed by atoms with van der Waals surface area (Å²) >= 11 is 0. The van der Waals surface area contributed by atoms with Crippen molar-refractivity contribution in [2.45, 2.75) is 18.6 Å². The van der Waals surface area contributed by atoms with Crippen LogP contribution in [0.3, 0.4) is 0 Å². The van der Waals surface area contributed by atoms with Crippen LogP contribution < -0.4 is 10.5 Å². The number of rotatable bonds is 2. The van der Waals surface area contributed by atoms with E-state index in [4.69, 9.17) is 15.2 Å². The van der Waals surface area contributed by atoms with E-state index in [1.807, 2.05) is 24.3 Å². The topological polar surface area (TPSA) is 44.5 Å². The van der Waals surface area contributed by atoms with Gasteiger partial charge in [0.05, 0.1) is 13.2 Å². The highest BCUT2D eigenvalue weighted by Crippen LogP contribution is 2.28. The van der Waals surface area contributed by atoms with Crippen LogP contribution in [0.2, 0.25) is 0 Å². The van der Waals surface area contributed by atoms with Crippen LogP contribution in [0.4, 0.5) is 0 Å². The van der Waals surface area contributed by atoms with E-state index < -0.39 is 0 Å². The second-order valence-electron chi connectivity index (χ2n) is 3.52. The van der Waals surface area contributed by atoms with Crippen molar-refractivity contribution in [1.82, 2.24) is 0 Å². The number of benzene rings is 1. The molecule has 1 saturated heterocycles. The Hall–Kier alpha value is -1.06. The van der Waals surface area contributed by atoms with E-state index in [0.29, 0.717) is 0 Å². The molecule has 2 unspecified atom stereocenters. The van der Waals surface area contributed by atoms with E-state index in [9.17, 15) is 0 Å². The maximum atomic E-state index is 5.93. The van der Waals surface area contributed by atoms with E-state index in [1.54, 1.807) is 7.11 Å². The summed E-state index contributed by atoms with van der Waals surface area (Å²) in [6.45, 7) is 0.762. The third-order valence-corrected chi connectivity index (χ3v) is 2.58. The Kier molecular flexibility index (Phi) is 2.70. The minimum absolute atomic E-state index is 0.0564. The van der Waals surface area contributed by atoms with Crippen molar-refractivity contribution in [3.8, 4) is 5.75 Å². The number of nitrogens with two attached hydrogens (primary N) is 1. The van der Waals surface area contributed by atoms with Gasteiger partial charge in [0, 0.05) is 12.6 Å². The number of methoxy groups -OCH3 is 1. The van der Waals surface area contributed by atoms with Crippen molar-refractivity contribution in [2.24, 2.45) is 5.73 Å². The molecule has 0 saturated carbocycles. The van der Waals surface area contributed by atoms with Gasteiger partial charge in [-0.15, -0.1) is 0 Å². The first-order chi connectivity index (χ1) is 6.81. The summed E-state index contributed by atoms with van der Waals surface area (Å²) in [6.07, 6.45) is 0.998. The SMILES string of the molecule is COc1ccc(C2OCCC2N)cc1. The average molecular weight is 193 g/mol. The number of ether oxygens (including phenoxy) is 2. The quantitative estimate of drug-likeness (QED) is 0.773. The van der Waals surface area contributed by atoms with Gasteiger partial charge >= 0.3 is 0 Å². The fraction of sp³-hybridized carbons (Fsp3) is 0.455. The van der Waals surface area contributed by atoms with E-state index in [-0.39, 0.29) is 12.1 Å². The molecule has 14 heavy (non-hydrogen) atoms. The molecule has 1 aliphatic heterocycles. The van der Waals surface area contributed by atoms with Crippen LogP contribution >= 0.6 is 0 Å². The van der Waals surface area contributed by atoms with Crippen LogP contribution in [-0.4, -0.2) is 19.8 Å². The largest absolute Gasteiger partial charge is 0.497 e. The standard InChI is InChI=1S/C11H15NO2/c1-13-9-4-2-8(3-5-9)11-10(12)6-7-14-11/h2-5,10-11H,6-7,12H2,1H3. The van der Waals surface area contributed by atoms with Crippen molar-refractivity contribution in [2.75, 3.05) is 13.7 Å². The zero-order valence-corrected chi connectivity index (χ0v) is 8.27. The van der Waals surface area contributed by atoms with Gasteiger partial charge in [0.25, 0.3) is 0 Å². The molecule has 1 aliphatic rings. The Morgan fingerprint density at radius 3 is 2.57 bits per heavy atom. The molecular formula is C11H15NO2. The van der Waals surface area contributed by atoms with Crippen molar-refractivity contribution < 1.29 is 9.47 Å². The minimum atomic E-state index is 0.0564. The van der Waals surface area contributed by atoms with Crippen molar-refractivity contribution in [3.63, 3.8) is 0 Å². The fourth-order valence-electron chi connectivity index (χ4n) is 1.74. The van der Waals surface area contributed by atoms with Crippen LogP contribution in [0.15, 0.2) is 24.3 Å². The van der Waals surface area contributed by atoms with Gasteiger partial charge in [0.1, 0.15) is 5.75 Å². The summed E-state index contributed by atoms with van der Waals surface area (Å²) in [5.74, 6) is 0.861. The Morgan fingerprint density at radius 1 is 1.36 bits per heavy atom. The molecule has 0 amide bonds. The molecule has 0 bridgehead atoms. The lowest BCUT2D eigenvalue weighted by molar-refractivity contribution is 0.105. The van der Waals surface area contributed by atoms with Gasteiger partial charge in [-0.1, -0.05) is 12.1 Å². The lowest BCUT2D eigenvalue weighted by Crippen LogP contribution is -2.23. The Balaban J connectivity index is 2.16. The summed E-state index contributed by atoms with van der Waals surface area (Å²) in [6, 6.07) is 8.01.